The summed E-state index contributed by atoms with van der Waals surface area (Å²) in [6.07, 6.45) is 17.6. The zero-order valence-corrected chi connectivity index (χ0v) is 15.9. The summed E-state index contributed by atoms with van der Waals surface area (Å²) in [5, 5.41) is 18.0. The van der Waals surface area contributed by atoms with E-state index in [1.54, 1.807) is 0 Å². The molecule has 0 aromatic carbocycles. The molecule has 0 bridgehead atoms. The number of hydrogen-bond acceptors (Lipinski definition) is 3. The van der Waals surface area contributed by atoms with Crippen LogP contribution in [0.1, 0.15) is 96.8 Å². The van der Waals surface area contributed by atoms with Crippen LogP contribution in [-0.4, -0.2) is 35.1 Å². The Labute approximate surface area is 148 Å². The van der Waals surface area contributed by atoms with Crippen molar-refractivity contribution >= 4 is 11.6 Å². The zero-order valence-electron chi connectivity index (χ0n) is 15.1. The average molecular weight is 351 g/mol. The van der Waals surface area contributed by atoms with Gasteiger partial charge in [0.2, 0.25) is 0 Å². The highest BCUT2D eigenvalue weighted by molar-refractivity contribution is 6.20. The first-order chi connectivity index (χ1) is 11.2. The van der Waals surface area contributed by atoms with Crippen LogP contribution in [0.15, 0.2) is 0 Å². The number of unbranched alkanes of at least 4 members (excludes halogenated alkanes) is 13. The van der Waals surface area contributed by atoms with Gasteiger partial charge in [0.05, 0.1) is 6.61 Å². The number of aliphatic hydroxyl groups excluding tert-OH is 2. The minimum absolute atomic E-state index is 0.354. The molecule has 0 fully saturated rings. The lowest BCUT2D eigenvalue weighted by Crippen LogP contribution is -2.27. The lowest BCUT2D eigenvalue weighted by atomic mass is 10.0. The van der Waals surface area contributed by atoms with E-state index >= 15 is 0 Å². The molecular formula is C19H39ClO3. The molecule has 0 heterocycles. The van der Waals surface area contributed by atoms with Crippen LogP contribution in [-0.2, 0) is 4.74 Å². The maximum atomic E-state index is 9.23. The van der Waals surface area contributed by atoms with Gasteiger partial charge in [-0.25, -0.2) is 0 Å². The third kappa shape index (κ3) is 16.8. The molecule has 0 aliphatic heterocycles. The number of halogens is 1. The Morgan fingerprint density at radius 3 is 1.52 bits per heavy atom. The molecule has 0 amide bonds. The van der Waals surface area contributed by atoms with Crippen molar-refractivity contribution in [1.82, 2.24) is 0 Å². The molecule has 2 atom stereocenters. The SMILES string of the molecule is CCCCCCCCCCCCCCCCOC(Cl)C(O)CO. The monoisotopic (exact) mass is 350 g/mol. The Balaban J connectivity index is 3.08. The predicted octanol–water partition coefficient (Wildman–Crippen LogP) is 5.40. The second-order valence-electron chi connectivity index (χ2n) is 6.57. The fraction of sp³-hybridized carbons (Fsp3) is 1.00. The van der Waals surface area contributed by atoms with Crippen molar-refractivity contribution in [3.8, 4) is 0 Å². The summed E-state index contributed by atoms with van der Waals surface area (Å²) >= 11 is 5.76. The molecule has 0 saturated heterocycles. The lowest BCUT2D eigenvalue weighted by Gasteiger charge is -2.15. The third-order valence-electron chi connectivity index (χ3n) is 4.26. The van der Waals surface area contributed by atoms with Crippen molar-refractivity contribution in [2.75, 3.05) is 13.2 Å². The average Bonchev–Trinajstić information content (AvgIpc) is 2.57. The molecule has 2 unspecified atom stereocenters. The summed E-state index contributed by atoms with van der Waals surface area (Å²) in [6, 6.07) is 0. The quantitative estimate of drug-likeness (QED) is 0.257. The molecule has 0 rings (SSSR count). The van der Waals surface area contributed by atoms with E-state index in [4.69, 9.17) is 21.4 Å². The van der Waals surface area contributed by atoms with Gasteiger partial charge in [0.1, 0.15) is 6.10 Å². The van der Waals surface area contributed by atoms with Crippen LogP contribution in [0.25, 0.3) is 0 Å². The Hall–Kier alpha value is 0.170. The smallest absolute Gasteiger partial charge is 0.159 e. The van der Waals surface area contributed by atoms with E-state index in [-0.39, 0.29) is 6.61 Å². The van der Waals surface area contributed by atoms with Crippen molar-refractivity contribution in [2.45, 2.75) is 108 Å². The van der Waals surface area contributed by atoms with Crippen molar-refractivity contribution in [3.05, 3.63) is 0 Å². The molecule has 4 heteroatoms. The van der Waals surface area contributed by atoms with Crippen molar-refractivity contribution in [2.24, 2.45) is 0 Å². The largest absolute Gasteiger partial charge is 0.394 e. The first-order valence-corrected chi connectivity index (χ1v) is 10.2. The number of ether oxygens (including phenoxy) is 1. The maximum Gasteiger partial charge on any atom is 0.159 e. The van der Waals surface area contributed by atoms with Gasteiger partial charge in [0, 0.05) is 6.61 Å². The van der Waals surface area contributed by atoms with Gasteiger partial charge in [0.15, 0.2) is 5.56 Å². The standard InChI is InChI=1S/C19H39ClO3/c1-2-3-4-5-6-7-8-9-10-11-12-13-14-15-16-23-19(20)18(22)17-21/h18-19,21-22H,2-17H2,1H3. The molecular weight excluding hydrogens is 312 g/mol. The van der Waals surface area contributed by atoms with Gasteiger partial charge in [-0.15, -0.1) is 0 Å². The van der Waals surface area contributed by atoms with Crippen molar-refractivity contribution in [3.63, 3.8) is 0 Å². The fourth-order valence-corrected chi connectivity index (χ4v) is 2.86. The minimum Gasteiger partial charge on any atom is -0.394 e. The number of alkyl halides is 1. The van der Waals surface area contributed by atoms with Gasteiger partial charge >= 0.3 is 0 Å². The van der Waals surface area contributed by atoms with Crippen LogP contribution in [0.4, 0.5) is 0 Å². The molecule has 0 aliphatic rings. The van der Waals surface area contributed by atoms with E-state index in [9.17, 15) is 5.11 Å². The second-order valence-corrected chi connectivity index (χ2v) is 7.00. The first kappa shape index (κ1) is 23.2. The Morgan fingerprint density at radius 1 is 0.739 bits per heavy atom. The molecule has 3 nitrogen and oxygen atoms in total. The van der Waals surface area contributed by atoms with Crippen LogP contribution in [0.5, 0.6) is 0 Å². The highest BCUT2D eigenvalue weighted by Gasteiger charge is 2.14. The van der Waals surface area contributed by atoms with Crippen LogP contribution in [0, 0.1) is 0 Å². The summed E-state index contributed by atoms with van der Waals surface area (Å²) in [5.41, 5.74) is -0.790. The number of hydrogen-bond donors (Lipinski definition) is 2. The van der Waals surface area contributed by atoms with Crippen LogP contribution < -0.4 is 0 Å². The zero-order chi connectivity index (χ0) is 17.2. The van der Waals surface area contributed by atoms with E-state index in [0.717, 1.165) is 12.8 Å². The van der Waals surface area contributed by atoms with Crippen molar-refractivity contribution in [1.29, 1.82) is 0 Å². The van der Waals surface area contributed by atoms with Gasteiger partial charge in [-0.3, -0.25) is 0 Å². The fourth-order valence-electron chi connectivity index (χ4n) is 2.69. The predicted molar refractivity (Wildman–Crippen MR) is 99.0 cm³/mol. The summed E-state index contributed by atoms with van der Waals surface area (Å²) in [6.45, 7) is 2.47. The van der Waals surface area contributed by atoms with Gasteiger partial charge in [-0.2, -0.15) is 0 Å². The van der Waals surface area contributed by atoms with Crippen LogP contribution >= 0.6 is 11.6 Å². The van der Waals surface area contributed by atoms with Gasteiger partial charge in [-0.05, 0) is 6.42 Å². The van der Waals surface area contributed by atoms with E-state index in [1.165, 1.54) is 77.0 Å². The third-order valence-corrected chi connectivity index (χ3v) is 4.68. The summed E-state index contributed by atoms with van der Waals surface area (Å²) in [5.74, 6) is 0. The summed E-state index contributed by atoms with van der Waals surface area (Å²) < 4.78 is 5.26. The second kappa shape index (κ2) is 18.5. The van der Waals surface area contributed by atoms with Gasteiger partial charge < -0.3 is 14.9 Å². The topological polar surface area (TPSA) is 49.7 Å². The Morgan fingerprint density at radius 2 is 1.13 bits per heavy atom. The summed E-state index contributed by atoms with van der Waals surface area (Å²) in [7, 11) is 0. The number of rotatable bonds is 18. The van der Waals surface area contributed by atoms with E-state index in [2.05, 4.69) is 6.92 Å². The molecule has 140 valence electrons. The molecule has 2 N–H and O–H groups in total. The molecule has 0 aromatic heterocycles. The summed E-state index contributed by atoms with van der Waals surface area (Å²) in [4.78, 5) is 0. The molecule has 0 aliphatic carbocycles. The molecule has 23 heavy (non-hydrogen) atoms. The normalized spacial score (nSPS) is 14.1. The first-order valence-electron chi connectivity index (χ1n) is 9.77. The van der Waals surface area contributed by atoms with Crippen LogP contribution in [0.3, 0.4) is 0 Å². The molecule has 0 saturated carbocycles. The highest BCUT2D eigenvalue weighted by atomic mass is 35.5. The van der Waals surface area contributed by atoms with Crippen LogP contribution in [0.2, 0.25) is 0 Å². The Kier molecular flexibility index (Phi) is 18.6. The van der Waals surface area contributed by atoms with Gasteiger partial charge in [0.25, 0.3) is 0 Å². The van der Waals surface area contributed by atoms with E-state index in [1.807, 2.05) is 0 Å². The maximum absolute atomic E-state index is 9.23. The molecule has 0 spiro atoms. The lowest BCUT2D eigenvalue weighted by molar-refractivity contribution is -0.0177. The van der Waals surface area contributed by atoms with Crippen molar-refractivity contribution < 1.29 is 14.9 Å². The molecule has 0 radical (unpaired) electrons. The minimum atomic E-state index is -0.983. The molecule has 0 aromatic rings. The Bertz CT molecular complexity index is 227. The highest BCUT2D eigenvalue weighted by Crippen LogP contribution is 2.13. The number of aliphatic hydroxyl groups is 2. The van der Waals surface area contributed by atoms with Gasteiger partial charge in [-0.1, -0.05) is 102 Å². The van der Waals surface area contributed by atoms with E-state index < -0.39 is 11.7 Å². The van der Waals surface area contributed by atoms with E-state index in [0.29, 0.717) is 6.61 Å².